The molecule has 0 amide bonds. The number of nitrogens with zero attached hydrogens (tertiary/aromatic N) is 1. The van der Waals surface area contributed by atoms with E-state index in [9.17, 15) is 10.2 Å². The van der Waals surface area contributed by atoms with Gasteiger partial charge >= 0.3 is 0 Å². The molecule has 0 unspecified atom stereocenters. The Bertz CT molecular complexity index is 825. The first kappa shape index (κ1) is 20.5. The molecule has 0 aromatic heterocycles. The Morgan fingerprint density at radius 3 is 2.61 bits per heavy atom. The molecule has 0 fully saturated rings. The third kappa shape index (κ3) is 4.96. The lowest BCUT2D eigenvalue weighted by atomic mass is 9.88. The zero-order chi connectivity index (χ0) is 19.8. The Hall–Kier alpha value is -2.27. The highest BCUT2D eigenvalue weighted by atomic mass is 16.3. The third-order valence-corrected chi connectivity index (χ3v) is 5.60. The highest BCUT2D eigenvalue weighted by molar-refractivity contribution is 5.78. The van der Waals surface area contributed by atoms with Gasteiger partial charge in [0, 0.05) is 18.5 Å². The van der Waals surface area contributed by atoms with Gasteiger partial charge in [0.2, 0.25) is 0 Å². The number of hydrogen-bond acceptors (Lipinski definition) is 3. The number of aliphatic hydroxyl groups is 2. The van der Waals surface area contributed by atoms with Crippen molar-refractivity contribution in [3.8, 4) is 0 Å². The Morgan fingerprint density at radius 1 is 1.07 bits per heavy atom. The molecule has 0 atom stereocenters. The average Bonchev–Trinajstić information content (AvgIpc) is 2.76. The van der Waals surface area contributed by atoms with E-state index in [-0.39, 0.29) is 13.2 Å². The van der Waals surface area contributed by atoms with Crippen LogP contribution in [0.25, 0.3) is 6.08 Å². The summed E-state index contributed by atoms with van der Waals surface area (Å²) in [5, 5.41) is 23.5. The van der Waals surface area contributed by atoms with Gasteiger partial charge in [-0.15, -0.1) is 0 Å². The van der Waals surface area contributed by atoms with E-state index in [1.54, 1.807) is 0 Å². The minimum Gasteiger partial charge on any atom is -0.395 e. The molecule has 0 saturated carbocycles. The SMILES string of the molecule is C=Cc1ccccc1CCNCC(CO)(CO)C[N+]1=Cc2ccccc2CC1. The van der Waals surface area contributed by atoms with Gasteiger partial charge in [-0.05, 0) is 35.7 Å². The minimum atomic E-state index is -0.569. The molecule has 148 valence electrons. The van der Waals surface area contributed by atoms with Crippen molar-refractivity contribution in [1.29, 1.82) is 0 Å². The van der Waals surface area contributed by atoms with Crippen molar-refractivity contribution < 1.29 is 14.8 Å². The summed E-state index contributed by atoms with van der Waals surface area (Å²) >= 11 is 0. The molecular formula is C24H31N2O2+. The molecule has 0 spiro atoms. The smallest absolute Gasteiger partial charge is 0.170 e. The van der Waals surface area contributed by atoms with E-state index in [2.05, 4.69) is 53.0 Å². The fraction of sp³-hybridized carbons (Fsp3) is 0.375. The summed E-state index contributed by atoms with van der Waals surface area (Å²) < 4.78 is 2.23. The predicted octanol–water partition coefficient (Wildman–Crippen LogP) is 2.12. The van der Waals surface area contributed by atoms with E-state index in [0.717, 1.165) is 31.5 Å². The first-order chi connectivity index (χ1) is 13.7. The van der Waals surface area contributed by atoms with Crippen molar-refractivity contribution in [1.82, 2.24) is 5.32 Å². The Labute approximate surface area is 167 Å². The second-order valence-electron chi connectivity index (χ2n) is 7.69. The van der Waals surface area contributed by atoms with Gasteiger partial charge in [0.25, 0.3) is 0 Å². The quantitative estimate of drug-likeness (QED) is 0.438. The van der Waals surface area contributed by atoms with E-state index in [4.69, 9.17) is 0 Å². The highest BCUT2D eigenvalue weighted by Crippen LogP contribution is 2.18. The van der Waals surface area contributed by atoms with Gasteiger partial charge in [0.05, 0.1) is 18.6 Å². The van der Waals surface area contributed by atoms with E-state index in [1.807, 2.05) is 24.3 Å². The Balaban J connectivity index is 1.59. The summed E-state index contributed by atoms with van der Waals surface area (Å²) in [5.41, 5.74) is 4.43. The fourth-order valence-electron chi connectivity index (χ4n) is 3.82. The molecule has 4 nitrogen and oxygen atoms in total. The minimum absolute atomic E-state index is 0.0499. The lowest BCUT2D eigenvalue weighted by Crippen LogP contribution is -2.48. The van der Waals surface area contributed by atoms with Crippen molar-refractivity contribution >= 4 is 12.3 Å². The number of aliphatic hydroxyl groups excluding tert-OH is 2. The zero-order valence-electron chi connectivity index (χ0n) is 16.5. The first-order valence-corrected chi connectivity index (χ1v) is 9.99. The summed E-state index contributed by atoms with van der Waals surface area (Å²) in [7, 11) is 0. The number of benzene rings is 2. The van der Waals surface area contributed by atoms with Crippen molar-refractivity contribution in [3.05, 3.63) is 77.4 Å². The maximum atomic E-state index is 10.0. The maximum Gasteiger partial charge on any atom is 0.170 e. The molecule has 4 heteroatoms. The third-order valence-electron chi connectivity index (χ3n) is 5.60. The number of nitrogens with one attached hydrogen (secondary N) is 1. The molecule has 1 aliphatic heterocycles. The summed E-state index contributed by atoms with van der Waals surface area (Å²) in [6, 6.07) is 16.6. The summed E-state index contributed by atoms with van der Waals surface area (Å²) in [6.07, 6.45) is 5.91. The van der Waals surface area contributed by atoms with Gasteiger partial charge in [-0.25, -0.2) is 4.58 Å². The number of fused-ring (bicyclic) bond motifs is 1. The summed E-state index contributed by atoms with van der Waals surface area (Å²) in [6.45, 7) is 6.67. The van der Waals surface area contributed by atoms with E-state index in [1.165, 1.54) is 16.7 Å². The topological polar surface area (TPSA) is 55.5 Å². The van der Waals surface area contributed by atoms with E-state index in [0.29, 0.717) is 13.1 Å². The van der Waals surface area contributed by atoms with Crippen molar-refractivity contribution in [2.75, 3.05) is 39.4 Å². The van der Waals surface area contributed by atoms with Gasteiger partial charge in [0.1, 0.15) is 6.54 Å². The van der Waals surface area contributed by atoms with Crippen LogP contribution in [0.3, 0.4) is 0 Å². The maximum absolute atomic E-state index is 10.0. The van der Waals surface area contributed by atoms with Gasteiger partial charge in [-0.1, -0.05) is 55.1 Å². The fourth-order valence-corrected chi connectivity index (χ4v) is 3.82. The molecule has 3 rings (SSSR count). The molecule has 2 aromatic rings. The normalized spacial score (nSPS) is 13.7. The van der Waals surface area contributed by atoms with Gasteiger partial charge in [0.15, 0.2) is 12.8 Å². The Kier molecular flexibility index (Phi) is 7.15. The van der Waals surface area contributed by atoms with Crippen molar-refractivity contribution in [2.24, 2.45) is 5.41 Å². The largest absolute Gasteiger partial charge is 0.395 e. The molecular weight excluding hydrogens is 348 g/mol. The van der Waals surface area contributed by atoms with Crippen LogP contribution in [0.15, 0.2) is 55.1 Å². The molecule has 0 bridgehead atoms. The first-order valence-electron chi connectivity index (χ1n) is 9.99. The second-order valence-corrected chi connectivity index (χ2v) is 7.69. The van der Waals surface area contributed by atoms with Crippen molar-refractivity contribution in [2.45, 2.75) is 12.8 Å². The molecule has 1 heterocycles. The van der Waals surface area contributed by atoms with Crippen LogP contribution in [-0.4, -0.2) is 60.4 Å². The molecule has 28 heavy (non-hydrogen) atoms. The number of hydrogen-bond donors (Lipinski definition) is 3. The lowest BCUT2D eigenvalue weighted by molar-refractivity contribution is -0.540. The average molecular weight is 380 g/mol. The van der Waals surface area contributed by atoms with Crippen molar-refractivity contribution in [3.63, 3.8) is 0 Å². The van der Waals surface area contributed by atoms with Gasteiger partial charge in [-0.3, -0.25) is 0 Å². The van der Waals surface area contributed by atoms with Crippen LogP contribution in [0.2, 0.25) is 0 Å². The lowest BCUT2D eigenvalue weighted by Gasteiger charge is -2.29. The highest BCUT2D eigenvalue weighted by Gasteiger charge is 2.34. The van der Waals surface area contributed by atoms with Crippen LogP contribution in [0.5, 0.6) is 0 Å². The standard InChI is InChI=1S/C24H31N2O2/c1-2-20-7-3-4-8-21(20)11-13-25-16-24(18-27,19-28)17-26-14-12-22-9-5-6-10-23(22)15-26/h2-10,15,25,27-28H,1,11-14,16-19H2/q+1. The molecule has 2 aromatic carbocycles. The van der Waals surface area contributed by atoms with Crippen LogP contribution in [-0.2, 0) is 12.8 Å². The summed E-state index contributed by atoms with van der Waals surface area (Å²) in [5.74, 6) is 0. The summed E-state index contributed by atoms with van der Waals surface area (Å²) in [4.78, 5) is 0. The van der Waals surface area contributed by atoms with Crippen LogP contribution >= 0.6 is 0 Å². The van der Waals surface area contributed by atoms with Crippen LogP contribution in [0.1, 0.15) is 22.3 Å². The van der Waals surface area contributed by atoms with Crippen LogP contribution in [0, 0.1) is 5.41 Å². The van der Waals surface area contributed by atoms with Crippen LogP contribution < -0.4 is 5.32 Å². The van der Waals surface area contributed by atoms with Crippen LogP contribution in [0.4, 0.5) is 0 Å². The Morgan fingerprint density at radius 2 is 1.82 bits per heavy atom. The molecule has 3 N–H and O–H groups in total. The number of rotatable bonds is 10. The molecule has 0 radical (unpaired) electrons. The molecule has 1 aliphatic rings. The van der Waals surface area contributed by atoms with E-state index < -0.39 is 5.41 Å². The van der Waals surface area contributed by atoms with Gasteiger partial charge in [-0.2, -0.15) is 0 Å². The molecule has 0 aliphatic carbocycles. The molecule has 0 saturated heterocycles. The second kappa shape index (κ2) is 9.78. The predicted molar refractivity (Wildman–Crippen MR) is 115 cm³/mol. The monoisotopic (exact) mass is 379 g/mol. The zero-order valence-corrected chi connectivity index (χ0v) is 16.5. The van der Waals surface area contributed by atoms with Gasteiger partial charge < -0.3 is 15.5 Å². The van der Waals surface area contributed by atoms with E-state index >= 15 is 0 Å².